The van der Waals surface area contributed by atoms with Crippen LogP contribution in [0.5, 0.6) is 5.75 Å². The van der Waals surface area contributed by atoms with Crippen LogP contribution in [-0.4, -0.2) is 29.5 Å². The molecule has 0 radical (unpaired) electrons. The molecule has 0 amide bonds. The number of hydrogen-bond acceptors (Lipinski definition) is 4. The summed E-state index contributed by atoms with van der Waals surface area (Å²) >= 11 is 5.98. The van der Waals surface area contributed by atoms with E-state index in [4.69, 9.17) is 21.1 Å². The highest BCUT2D eigenvalue weighted by molar-refractivity contribution is 6.30. The Bertz CT molecular complexity index is 1050. The summed E-state index contributed by atoms with van der Waals surface area (Å²) in [4.78, 5) is 25.5. The largest absolute Gasteiger partial charge is 0.496 e. The third kappa shape index (κ3) is 4.20. The summed E-state index contributed by atoms with van der Waals surface area (Å²) in [5.74, 6) is -0.463. The number of esters is 1. The van der Waals surface area contributed by atoms with Gasteiger partial charge in [-0.1, -0.05) is 23.7 Å². The van der Waals surface area contributed by atoms with Gasteiger partial charge in [-0.05, 0) is 63.2 Å². The second-order valence-electron chi connectivity index (χ2n) is 6.71. The lowest BCUT2D eigenvalue weighted by Gasteiger charge is -2.14. The molecule has 29 heavy (non-hydrogen) atoms. The molecule has 1 aromatic heterocycles. The minimum absolute atomic E-state index is 0.262. The van der Waals surface area contributed by atoms with Crippen molar-refractivity contribution in [1.82, 2.24) is 4.57 Å². The van der Waals surface area contributed by atoms with E-state index in [1.807, 2.05) is 30.5 Å². The number of ether oxygens (including phenoxy) is 2. The fourth-order valence-electron chi connectivity index (χ4n) is 3.31. The van der Waals surface area contributed by atoms with E-state index in [-0.39, 0.29) is 11.3 Å². The molecular weight excluding hydrogens is 390 g/mol. The highest BCUT2D eigenvalue weighted by atomic mass is 35.5. The molecule has 3 rings (SSSR count). The van der Waals surface area contributed by atoms with Crippen molar-refractivity contribution in [2.24, 2.45) is 0 Å². The standard InChI is InChI=1S/C23H22ClNO4/c1-14-13-20(15(2)25(14)18-11-9-17(24)10-12-18)22(26)16(3)29-23(27)19-7-5-6-8-21(19)28-4/h5-13,16H,1-4H3/t16-/m0/s1. The number of aromatic nitrogens is 1. The van der Waals surface area contributed by atoms with Crippen molar-refractivity contribution in [2.45, 2.75) is 26.9 Å². The minimum atomic E-state index is -0.938. The molecule has 0 saturated heterocycles. The van der Waals surface area contributed by atoms with Gasteiger partial charge in [0, 0.05) is 27.7 Å². The quantitative estimate of drug-likeness (QED) is 0.414. The topological polar surface area (TPSA) is 57.5 Å². The number of aryl methyl sites for hydroxylation is 1. The van der Waals surface area contributed by atoms with Gasteiger partial charge < -0.3 is 14.0 Å². The number of carbonyl (C=O) groups excluding carboxylic acids is 2. The maximum absolute atomic E-state index is 13.0. The lowest BCUT2D eigenvalue weighted by atomic mass is 10.1. The molecule has 0 N–H and O–H groups in total. The Balaban J connectivity index is 1.84. The summed E-state index contributed by atoms with van der Waals surface area (Å²) in [6, 6.07) is 15.9. The summed E-state index contributed by atoms with van der Waals surface area (Å²) in [7, 11) is 1.48. The zero-order chi connectivity index (χ0) is 21.1. The number of nitrogens with zero attached hydrogens (tertiary/aromatic N) is 1. The maximum Gasteiger partial charge on any atom is 0.342 e. The van der Waals surface area contributed by atoms with Crippen LogP contribution in [0.2, 0.25) is 5.02 Å². The molecule has 1 heterocycles. The van der Waals surface area contributed by atoms with Gasteiger partial charge in [0.05, 0.1) is 7.11 Å². The summed E-state index contributed by atoms with van der Waals surface area (Å²) in [5.41, 5.74) is 3.37. The lowest BCUT2D eigenvalue weighted by Crippen LogP contribution is -2.25. The molecule has 6 heteroatoms. The maximum atomic E-state index is 13.0. The van der Waals surface area contributed by atoms with Crippen LogP contribution >= 0.6 is 11.6 Å². The van der Waals surface area contributed by atoms with Gasteiger partial charge in [-0.2, -0.15) is 0 Å². The van der Waals surface area contributed by atoms with E-state index in [1.54, 1.807) is 49.4 Å². The Morgan fingerprint density at radius 2 is 1.66 bits per heavy atom. The summed E-state index contributed by atoms with van der Waals surface area (Å²) < 4.78 is 12.6. The van der Waals surface area contributed by atoms with Gasteiger partial charge in [0.1, 0.15) is 11.3 Å². The Labute approximate surface area is 174 Å². The normalized spacial score (nSPS) is 11.8. The van der Waals surface area contributed by atoms with Crippen LogP contribution in [0.4, 0.5) is 0 Å². The third-order valence-electron chi connectivity index (χ3n) is 4.76. The Morgan fingerprint density at radius 3 is 2.31 bits per heavy atom. The number of rotatable bonds is 6. The molecule has 150 valence electrons. The van der Waals surface area contributed by atoms with E-state index < -0.39 is 12.1 Å². The molecule has 5 nitrogen and oxygen atoms in total. The lowest BCUT2D eigenvalue weighted by molar-refractivity contribution is 0.0315. The van der Waals surface area contributed by atoms with Gasteiger partial charge in [0.2, 0.25) is 5.78 Å². The highest BCUT2D eigenvalue weighted by Gasteiger charge is 2.25. The van der Waals surface area contributed by atoms with Gasteiger partial charge in [-0.3, -0.25) is 4.79 Å². The minimum Gasteiger partial charge on any atom is -0.496 e. The van der Waals surface area contributed by atoms with E-state index in [2.05, 4.69) is 0 Å². The van der Waals surface area contributed by atoms with Crippen LogP contribution in [0.25, 0.3) is 5.69 Å². The van der Waals surface area contributed by atoms with Crippen LogP contribution in [-0.2, 0) is 4.74 Å². The van der Waals surface area contributed by atoms with Crippen molar-refractivity contribution in [3.63, 3.8) is 0 Å². The molecule has 0 saturated carbocycles. The van der Waals surface area contributed by atoms with Crippen molar-refractivity contribution >= 4 is 23.4 Å². The van der Waals surface area contributed by atoms with E-state index in [0.717, 1.165) is 17.1 Å². The molecule has 0 fully saturated rings. The average Bonchev–Trinajstić information content (AvgIpc) is 3.02. The summed E-state index contributed by atoms with van der Waals surface area (Å²) in [6.45, 7) is 5.36. The van der Waals surface area contributed by atoms with Gasteiger partial charge in [0.25, 0.3) is 0 Å². The second kappa shape index (κ2) is 8.53. The first-order chi connectivity index (χ1) is 13.8. The van der Waals surface area contributed by atoms with Crippen LogP contribution in [0, 0.1) is 13.8 Å². The number of benzene rings is 2. The van der Waals surface area contributed by atoms with E-state index in [1.165, 1.54) is 7.11 Å². The molecule has 0 bridgehead atoms. The van der Waals surface area contributed by atoms with Crippen molar-refractivity contribution < 1.29 is 19.1 Å². The number of ketones is 1. The van der Waals surface area contributed by atoms with Crippen molar-refractivity contribution in [3.8, 4) is 11.4 Å². The van der Waals surface area contributed by atoms with Gasteiger partial charge in [0.15, 0.2) is 6.10 Å². The van der Waals surface area contributed by atoms with Crippen LogP contribution in [0.15, 0.2) is 54.6 Å². The fraction of sp³-hybridized carbons (Fsp3) is 0.217. The molecule has 0 aliphatic heterocycles. The average molecular weight is 412 g/mol. The molecular formula is C23H22ClNO4. The molecule has 0 unspecified atom stereocenters. The van der Waals surface area contributed by atoms with Crippen molar-refractivity contribution in [2.75, 3.05) is 7.11 Å². The number of halogens is 1. The number of para-hydroxylation sites is 1. The first-order valence-electron chi connectivity index (χ1n) is 9.16. The molecule has 0 aliphatic rings. The van der Waals surface area contributed by atoms with E-state index in [0.29, 0.717) is 16.3 Å². The first-order valence-corrected chi connectivity index (χ1v) is 9.54. The predicted octanol–water partition coefficient (Wildman–Crippen LogP) is 5.18. The molecule has 1 atom stereocenters. The zero-order valence-electron chi connectivity index (χ0n) is 16.7. The number of hydrogen-bond donors (Lipinski definition) is 0. The molecule has 0 aliphatic carbocycles. The van der Waals surface area contributed by atoms with Gasteiger partial charge in [-0.25, -0.2) is 4.79 Å². The first kappa shape index (κ1) is 20.7. The Hall–Kier alpha value is -3.05. The predicted molar refractivity (Wildman–Crippen MR) is 112 cm³/mol. The smallest absolute Gasteiger partial charge is 0.342 e. The molecule has 3 aromatic rings. The van der Waals surface area contributed by atoms with Crippen LogP contribution < -0.4 is 4.74 Å². The van der Waals surface area contributed by atoms with E-state index >= 15 is 0 Å². The van der Waals surface area contributed by atoms with Crippen molar-refractivity contribution in [3.05, 3.63) is 82.1 Å². The molecule has 0 spiro atoms. The Morgan fingerprint density at radius 1 is 1.00 bits per heavy atom. The van der Waals surface area contributed by atoms with Crippen LogP contribution in [0.3, 0.4) is 0 Å². The SMILES string of the molecule is COc1ccccc1C(=O)O[C@@H](C)C(=O)c1cc(C)n(-c2ccc(Cl)cc2)c1C. The van der Waals surface area contributed by atoms with Gasteiger partial charge >= 0.3 is 5.97 Å². The fourth-order valence-corrected chi connectivity index (χ4v) is 3.44. The monoisotopic (exact) mass is 411 g/mol. The number of Topliss-reactive ketones (excluding diaryl/α,β-unsaturated/α-hetero) is 1. The summed E-state index contributed by atoms with van der Waals surface area (Å²) in [6.07, 6.45) is -0.938. The van der Waals surface area contributed by atoms with Gasteiger partial charge in [-0.15, -0.1) is 0 Å². The zero-order valence-corrected chi connectivity index (χ0v) is 17.5. The summed E-state index contributed by atoms with van der Waals surface area (Å²) in [5, 5.41) is 0.643. The molecule has 2 aromatic carbocycles. The van der Waals surface area contributed by atoms with E-state index in [9.17, 15) is 9.59 Å². The highest BCUT2D eigenvalue weighted by Crippen LogP contribution is 2.24. The second-order valence-corrected chi connectivity index (χ2v) is 7.15. The Kier molecular flexibility index (Phi) is 6.09. The van der Waals surface area contributed by atoms with Crippen LogP contribution in [0.1, 0.15) is 39.0 Å². The van der Waals surface area contributed by atoms with Crippen molar-refractivity contribution in [1.29, 1.82) is 0 Å². The number of methoxy groups -OCH3 is 1. The number of carbonyl (C=O) groups is 2. The third-order valence-corrected chi connectivity index (χ3v) is 5.01.